The molecule has 9 nitrogen and oxygen atoms in total. The van der Waals surface area contributed by atoms with E-state index >= 15 is 0 Å². The minimum atomic E-state index is -0.833. The third-order valence-corrected chi connectivity index (χ3v) is 5.22. The van der Waals surface area contributed by atoms with Gasteiger partial charge in [-0.25, -0.2) is 4.39 Å². The number of hydrogen-bond acceptors (Lipinski definition) is 7. The van der Waals surface area contributed by atoms with Gasteiger partial charge in [-0.05, 0) is 55.8 Å². The van der Waals surface area contributed by atoms with Crippen molar-refractivity contribution in [2.24, 2.45) is 10.2 Å². The molecule has 0 radical (unpaired) electrons. The van der Waals surface area contributed by atoms with Gasteiger partial charge in [0.2, 0.25) is 11.8 Å². The maximum Gasteiger partial charge on any atom is 0.300 e. The molecule has 1 aliphatic rings. The summed E-state index contributed by atoms with van der Waals surface area (Å²) in [5, 5.41) is 20.6. The molecule has 11 heteroatoms. The number of rotatable bonds is 6. The highest BCUT2D eigenvalue weighted by atomic mass is 32.2. The quantitative estimate of drug-likeness (QED) is 0.420. The van der Waals surface area contributed by atoms with Gasteiger partial charge in [0.05, 0.1) is 12.3 Å². The average Bonchev–Trinajstić information content (AvgIpc) is 2.79. The number of carboxylic acids is 1. The number of carboxylic acid groups (broad SMARTS) is 1. The van der Waals surface area contributed by atoms with Crippen LogP contribution in [0.1, 0.15) is 32.8 Å². The molecule has 1 unspecified atom stereocenters. The molecule has 0 spiro atoms. The largest absolute Gasteiger partial charge is 0.494 e. The number of carbonyl (C=O) groups is 3. The number of hydrogen-bond donors (Lipinski definition) is 3. The van der Waals surface area contributed by atoms with E-state index in [4.69, 9.17) is 14.6 Å². The molecule has 0 bridgehead atoms. The first-order valence-electron chi connectivity index (χ1n) is 10.3. The highest BCUT2D eigenvalue weighted by molar-refractivity contribution is 8.15. The number of nitrogens with one attached hydrogen (secondary N) is 2. The van der Waals surface area contributed by atoms with Crippen molar-refractivity contribution in [1.82, 2.24) is 5.32 Å². The number of ether oxygens (including phenoxy) is 1. The smallest absolute Gasteiger partial charge is 0.300 e. The normalized spacial score (nSPS) is 16.7. The molecule has 2 aromatic rings. The molecule has 0 aliphatic carbocycles. The van der Waals surface area contributed by atoms with Gasteiger partial charge in [0.1, 0.15) is 16.8 Å². The van der Waals surface area contributed by atoms with Crippen LogP contribution < -0.4 is 15.4 Å². The summed E-state index contributed by atoms with van der Waals surface area (Å²) in [6, 6.07) is 12.9. The summed E-state index contributed by atoms with van der Waals surface area (Å²) in [5.41, 5.74) is 1.87. The van der Waals surface area contributed by atoms with E-state index in [1.807, 2.05) is 6.92 Å². The molecule has 3 rings (SSSR count). The SMILES string of the molecule is CC(=O)O.CCOc1ccc(NC(=O)C2CC(=O)N/C(=N\N=C(C)c3ccc(F)cc3)S2)cc1. The fourth-order valence-electron chi connectivity index (χ4n) is 2.63. The molecule has 1 fully saturated rings. The van der Waals surface area contributed by atoms with Crippen molar-refractivity contribution < 1.29 is 28.6 Å². The Morgan fingerprint density at radius 2 is 1.79 bits per heavy atom. The number of halogens is 1. The molecular formula is C23H25FN4O5S. The Labute approximate surface area is 200 Å². The van der Waals surface area contributed by atoms with E-state index in [-0.39, 0.29) is 29.2 Å². The Morgan fingerprint density at radius 1 is 1.18 bits per heavy atom. The summed E-state index contributed by atoms with van der Waals surface area (Å²) in [4.78, 5) is 33.6. The van der Waals surface area contributed by atoms with Crippen LogP contribution in [0.2, 0.25) is 0 Å². The number of anilines is 1. The summed E-state index contributed by atoms with van der Waals surface area (Å²) < 4.78 is 18.4. The predicted molar refractivity (Wildman–Crippen MR) is 130 cm³/mol. The summed E-state index contributed by atoms with van der Waals surface area (Å²) in [6.07, 6.45) is 0.0349. The number of benzene rings is 2. The summed E-state index contributed by atoms with van der Waals surface area (Å²) in [7, 11) is 0. The lowest BCUT2D eigenvalue weighted by Gasteiger charge is -2.21. The van der Waals surface area contributed by atoms with Crippen LogP contribution in [-0.4, -0.2) is 45.6 Å². The zero-order valence-corrected chi connectivity index (χ0v) is 19.7. The highest BCUT2D eigenvalue weighted by Gasteiger charge is 2.30. The number of amides is 2. The fraction of sp³-hybridized carbons (Fsp3) is 0.261. The van der Waals surface area contributed by atoms with E-state index in [9.17, 15) is 14.0 Å². The van der Waals surface area contributed by atoms with Gasteiger partial charge in [0.25, 0.3) is 5.97 Å². The van der Waals surface area contributed by atoms with Gasteiger partial charge in [0.15, 0.2) is 5.17 Å². The lowest BCUT2D eigenvalue weighted by atomic mass is 10.1. The maximum atomic E-state index is 13.0. The topological polar surface area (TPSA) is 129 Å². The number of thioether (sulfide) groups is 1. The van der Waals surface area contributed by atoms with Crippen LogP contribution in [0.25, 0.3) is 0 Å². The van der Waals surface area contributed by atoms with E-state index < -0.39 is 11.2 Å². The molecule has 180 valence electrons. The summed E-state index contributed by atoms with van der Waals surface area (Å²) >= 11 is 1.13. The first kappa shape index (κ1) is 26.5. The van der Waals surface area contributed by atoms with Crippen LogP contribution in [-0.2, 0) is 14.4 Å². The van der Waals surface area contributed by atoms with Crippen molar-refractivity contribution in [3.63, 3.8) is 0 Å². The van der Waals surface area contributed by atoms with Gasteiger partial charge in [-0.1, -0.05) is 23.9 Å². The van der Waals surface area contributed by atoms with Crippen molar-refractivity contribution >= 4 is 46.1 Å². The molecule has 1 aliphatic heterocycles. The van der Waals surface area contributed by atoms with Gasteiger partial charge in [-0.15, -0.1) is 5.10 Å². The molecule has 0 saturated carbocycles. The first-order valence-corrected chi connectivity index (χ1v) is 11.1. The molecule has 1 heterocycles. The van der Waals surface area contributed by atoms with Crippen molar-refractivity contribution in [2.75, 3.05) is 11.9 Å². The molecule has 34 heavy (non-hydrogen) atoms. The van der Waals surface area contributed by atoms with E-state index in [1.54, 1.807) is 43.3 Å². The van der Waals surface area contributed by atoms with Crippen LogP contribution in [0.4, 0.5) is 10.1 Å². The Kier molecular flexibility index (Phi) is 10.2. The van der Waals surface area contributed by atoms with E-state index in [0.29, 0.717) is 29.3 Å². The predicted octanol–water partition coefficient (Wildman–Crippen LogP) is 3.66. The highest BCUT2D eigenvalue weighted by Crippen LogP contribution is 2.23. The number of carbonyl (C=O) groups excluding carboxylic acids is 2. The van der Waals surface area contributed by atoms with Gasteiger partial charge in [-0.2, -0.15) is 5.10 Å². The van der Waals surface area contributed by atoms with Crippen molar-refractivity contribution in [3.05, 3.63) is 59.9 Å². The molecule has 1 saturated heterocycles. The summed E-state index contributed by atoms with van der Waals surface area (Å²) in [6.45, 7) is 5.26. The second kappa shape index (κ2) is 13.1. The van der Waals surface area contributed by atoms with Crippen LogP contribution in [0, 0.1) is 5.82 Å². The second-order valence-corrected chi connectivity index (χ2v) is 8.11. The van der Waals surface area contributed by atoms with Crippen molar-refractivity contribution in [2.45, 2.75) is 32.4 Å². The van der Waals surface area contributed by atoms with E-state index in [2.05, 4.69) is 20.8 Å². The molecule has 2 amide bonds. The van der Waals surface area contributed by atoms with Gasteiger partial charge in [-0.3, -0.25) is 14.4 Å². The molecule has 2 aromatic carbocycles. The lowest BCUT2D eigenvalue weighted by molar-refractivity contribution is -0.134. The molecule has 3 N–H and O–H groups in total. The van der Waals surface area contributed by atoms with Gasteiger partial charge < -0.3 is 20.5 Å². The number of amidine groups is 1. The Bertz CT molecular complexity index is 1070. The third kappa shape index (κ3) is 9.02. The molecule has 0 aromatic heterocycles. The van der Waals surface area contributed by atoms with Crippen LogP contribution in [0.5, 0.6) is 5.75 Å². The van der Waals surface area contributed by atoms with E-state index in [0.717, 1.165) is 18.7 Å². The minimum absolute atomic E-state index is 0.0349. The maximum absolute atomic E-state index is 13.0. The fourth-order valence-corrected chi connectivity index (χ4v) is 3.56. The van der Waals surface area contributed by atoms with Crippen LogP contribution in [0.15, 0.2) is 58.7 Å². The monoisotopic (exact) mass is 488 g/mol. The Morgan fingerprint density at radius 3 is 2.38 bits per heavy atom. The molecular weight excluding hydrogens is 463 g/mol. The zero-order valence-electron chi connectivity index (χ0n) is 18.9. The number of aliphatic carboxylic acids is 1. The lowest BCUT2D eigenvalue weighted by Crippen LogP contribution is -2.41. The van der Waals surface area contributed by atoms with Crippen molar-refractivity contribution in [1.29, 1.82) is 0 Å². The van der Waals surface area contributed by atoms with Crippen molar-refractivity contribution in [3.8, 4) is 5.75 Å². The van der Waals surface area contributed by atoms with Crippen LogP contribution >= 0.6 is 11.8 Å². The van der Waals surface area contributed by atoms with Gasteiger partial charge >= 0.3 is 0 Å². The standard InChI is InChI=1S/C21H21FN4O3S.C2H4O2/c1-3-29-17-10-8-16(9-11-17)23-20(28)18-12-19(27)24-21(30-18)26-25-13(2)14-4-6-15(22)7-5-14;1-2(3)4/h4-11,18H,3,12H2,1-2H3,(H,23,28)(H,24,26,27);1H3,(H,3,4). The Balaban J connectivity index is 0.000000945. The summed E-state index contributed by atoms with van der Waals surface area (Å²) in [5.74, 6) is -1.07. The van der Waals surface area contributed by atoms with Crippen LogP contribution in [0.3, 0.4) is 0 Å². The molecule has 1 atom stereocenters. The zero-order chi connectivity index (χ0) is 25.1. The second-order valence-electron chi connectivity index (χ2n) is 6.92. The minimum Gasteiger partial charge on any atom is -0.494 e. The Hall–Kier alpha value is -3.73. The average molecular weight is 489 g/mol. The number of nitrogens with zero attached hydrogens (tertiary/aromatic N) is 2. The first-order chi connectivity index (χ1) is 16.2. The van der Waals surface area contributed by atoms with Gasteiger partial charge in [0, 0.05) is 19.0 Å². The van der Waals surface area contributed by atoms with E-state index in [1.165, 1.54) is 12.1 Å². The third-order valence-electron chi connectivity index (χ3n) is 4.15.